The van der Waals surface area contributed by atoms with Crippen molar-refractivity contribution in [1.82, 2.24) is 4.90 Å². The first-order valence-electron chi connectivity index (χ1n) is 10.0. The second-order valence-corrected chi connectivity index (χ2v) is 7.25. The lowest BCUT2D eigenvalue weighted by Crippen LogP contribution is -2.32. The van der Waals surface area contributed by atoms with Crippen LogP contribution in [0.5, 0.6) is 17.2 Å². The molecule has 8 nitrogen and oxygen atoms in total. The second kappa shape index (κ2) is 9.74. The highest BCUT2D eigenvalue weighted by Crippen LogP contribution is 2.45. The molecule has 2 aromatic rings. The lowest BCUT2D eigenvalue weighted by molar-refractivity contribution is -0.140. The number of aryl methyl sites for hydroxylation is 1. The SMILES string of the molecule is COCCN1C(=O)C(=O)/C(=C(/O)c2ccc(OC)c(C)c2)[C@@H]1c1cccc(OC)c1OC. The Morgan fingerprint density at radius 2 is 1.72 bits per heavy atom. The van der Waals surface area contributed by atoms with Gasteiger partial charge in [-0.3, -0.25) is 9.59 Å². The Balaban J connectivity index is 2.25. The number of likely N-dealkylation sites (tertiary alicyclic amines) is 1. The van der Waals surface area contributed by atoms with Crippen molar-refractivity contribution in [1.29, 1.82) is 0 Å². The molecule has 0 bridgehead atoms. The first-order chi connectivity index (χ1) is 15.4. The summed E-state index contributed by atoms with van der Waals surface area (Å²) in [5.41, 5.74) is 1.68. The van der Waals surface area contributed by atoms with E-state index >= 15 is 0 Å². The van der Waals surface area contributed by atoms with Crippen molar-refractivity contribution in [2.75, 3.05) is 41.6 Å². The summed E-state index contributed by atoms with van der Waals surface area (Å²) in [6, 6.07) is 9.37. The Morgan fingerprint density at radius 1 is 1.00 bits per heavy atom. The van der Waals surface area contributed by atoms with Crippen LogP contribution in [0.25, 0.3) is 5.76 Å². The van der Waals surface area contributed by atoms with Gasteiger partial charge in [-0.1, -0.05) is 12.1 Å². The molecule has 1 atom stereocenters. The van der Waals surface area contributed by atoms with Gasteiger partial charge in [0.05, 0.1) is 39.6 Å². The van der Waals surface area contributed by atoms with Gasteiger partial charge >= 0.3 is 0 Å². The monoisotopic (exact) mass is 441 g/mol. The molecule has 0 aliphatic carbocycles. The number of aliphatic hydroxyl groups excluding tert-OH is 1. The Labute approximate surface area is 187 Å². The lowest BCUT2D eigenvalue weighted by Gasteiger charge is -2.27. The van der Waals surface area contributed by atoms with E-state index < -0.39 is 17.7 Å². The van der Waals surface area contributed by atoms with Crippen LogP contribution in [0.3, 0.4) is 0 Å². The summed E-state index contributed by atoms with van der Waals surface area (Å²) >= 11 is 0. The normalized spacial score (nSPS) is 17.5. The molecule has 8 heteroatoms. The molecule has 32 heavy (non-hydrogen) atoms. The molecular formula is C24H27NO7. The molecule has 170 valence electrons. The Morgan fingerprint density at radius 3 is 2.31 bits per heavy atom. The van der Waals surface area contributed by atoms with Crippen molar-refractivity contribution in [2.45, 2.75) is 13.0 Å². The van der Waals surface area contributed by atoms with Crippen LogP contribution in [0, 0.1) is 6.92 Å². The zero-order chi connectivity index (χ0) is 23.4. The van der Waals surface area contributed by atoms with E-state index in [-0.39, 0.29) is 24.5 Å². The number of para-hydroxylation sites is 1. The van der Waals surface area contributed by atoms with Crippen LogP contribution in [-0.4, -0.2) is 63.3 Å². The molecule has 1 aliphatic heterocycles. The molecule has 0 aromatic heterocycles. The third-order valence-electron chi connectivity index (χ3n) is 5.47. The van der Waals surface area contributed by atoms with Gasteiger partial charge in [-0.15, -0.1) is 0 Å². The minimum Gasteiger partial charge on any atom is -0.507 e. The Kier molecular flexibility index (Phi) is 7.05. The number of ketones is 1. The predicted molar refractivity (Wildman–Crippen MR) is 118 cm³/mol. The summed E-state index contributed by atoms with van der Waals surface area (Å²) in [5, 5.41) is 11.2. The molecule has 1 aliphatic rings. The largest absolute Gasteiger partial charge is 0.507 e. The van der Waals surface area contributed by atoms with Gasteiger partial charge in [-0.05, 0) is 36.8 Å². The van der Waals surface area contributed by atoms with Gasteiger partial charge in [0.2, 0.25) is 0 Å². The van der Waals surface area contributed by atoms with E-state index in [0.717, 1.165) is 5.56 Å². The van der Waals surface area contributed by atoms with Crippen molar-refractivity contribution >= 4 is 17.4 Å². The van der Waals surface area contributed by atoms with E-state index in [9.17, 15) is 14.7 Å². The van der Waals surface area contributed by atoms with Crippen LogP contribution < -0.4 is 14.2 Å². The topological polar surface area (TPSA) is 94.5 Å². The number of nitrogens with zero attached hydrogens (tertiary/aromatic N) is 1. The number of rotatable bonds is 8. The van der Waals surface area contributed by atoms with Crippen LogP contribution in [-0.2, 0) is 14.3 Å². The molecule has 1 amide bonds. The van der Waals surface area contributed by atoms with Crippen molar-refractivity contribution in [3.05, 3.63) is 58.7 Å². The molecule has 1 fully saturated rings. The maximum Gasteiger partial charge on any atom is 0.295 e. The smallest absolute Gasteiger partial charge is 0.295 e. The summed E-state index contributed by atoms with van der Waals surface area (Å²) in [6.07, 6.45) is 0. The maximum atomic E-state index is 13.1. The van der Waals surface area contributed by atoms with Gasteiger partial charge in [0.1, 0.15) is 11.5 Å². The standard InChI is InChI=1S/C24H27NO7/c1-14-13-15(9-10-17(14)30-3)21(26)19-20(25(11-12-29-2)24(28)22(19)27)16-7-6-8-18(31-4)23(16)32-5/h6-10,13,20,26H,11-12H2,1-5H3/b21-19+/t20-/m0/s1. The van der Waals surface area contributed by atoms with Crippen molar-refractivity contribution in [3.63, 3.8) is 0 Å². The summed E-state index contributed by atoms with van der Waals surface area (Å²) in [6.45, 7) is 2.21. The molecule has 3 rings (SSSR count). The van der Waals surface area contributed by atoms with E-state index in [1.54, 1.807) is 43.5 Å². The fourth-order valence-corrected chi connectivity index (χ4v) is 3.93. The number of benzene rings is 2. The van der Waals surface area contributed by atoms with Crippen LogP contribution in [0.2, 0.25) is 0 Å². The first-order valence-corrected chi connectivity index (χ1v) is 10.0. The van der Waals surface area contributed by atoms with Crippen LogP contribution >= 0.6 is 0 Å². The number of ether oxygens (including phenoxy) is 4. The number of carbonyl (C=O) groups excluding carboxylic acids is 2. The van der Waals surface area contributed by atoms with Gasteiger partial charge in [0, 0.05) is 24.8 Å². The van der Waals surface area contributed by atoms with E-state index in [4.69, 9.17) is 18.9 Å². The predicted octanol–water partition coefficient (Wildman–Crippen LogP) is 3.09. The molecule has 2 aromatic carbocycles. The maximum absolute atomic E-state index is 13.1. The van der Waals surface area contributed by atoms with Gasteiger partial charge in [-0.25, -0.2) is 0 Å². The second-order valence-electron chi connectivity index (χ2n) is 7.25. The van der Waals surface area contributed by atoms with E-state index in [1.807, 2.05) is 6.92 Å². The number of hydrogen-bond acceptors (Lipinski definition) is 7. The summed E-state index contributed by atoms with van der Waals surface area (Å²) in [5.74, 6) is -0.300. The zero-order valence-electron chi connectivity index (χ0n) is 18.8. The van der Waals surface area contributed by atoms with Crippen molar-refractivity contribution in [3.8, 4) is 17.2 Å². The molecule has 0 radical (unpaired) electrons. The summed E-state index contributed by atoms with van der Waals surface area (Å²) in [7, 11) is 6.05. The fourth-order valence-electron chi connectivity index (χ4n) is 3.93. The molecule has 1 N–H and O–H groups in total. The fraction of sp³-hybridized carbons (Fsp3) is 0.333. The van der Waals surface area contributed by atoms with Gasteiger partial charge in [-0.2, -0.15) is 0 Å². The third-order valence-corrected chi connectivity index (χ3v) is 5.47. The number of methoxy groups -OCH3 is 4. The molecule has 0 unspecified atom stereocenters. The number of amides is 1. The molecule has 0 saturated carbocycles. The molecule has 1 saturated heterocycles. The van der Waals surface area contributed by atoms with E-state index in [0.29, 0.717) is 28.4 Å². The quantitative estimate of drug-likeness (QED) is 0.382. The van der Waals surface area contributed by atoms with Crippen molar-refractivity contribution < 1.29 is 33.6 Å². The average molecular weight is 441 g/mol. The highest BCUT2D eigenvalue weighted by Gasteiger charge is 2.47. The van der Waals surface area contributed by atoms with Crippen LogP contribution in [0.4, 0.5) is 0 Å². The highest BCUT2D eigenvalue weighted by molar-refractivity contribution is 6.46. The minimum absolute atomic E-state index is 0.0257. The number of aliphatic hydroxyl groups is 1. The Hall–Kier alpha value is -3.52. The lowest BCUT2D eigenvalue weighted by atomic mass is 9.94. The van der Waals surface area contributed by atoms with Crippen LogP contribution in [0.1, 0.15) is 22.7 Å². The minimum atomic E-state index is -0.877. The highest BCUT2D eigenvalue weighted by atomic mass is 16.5. The number of Topliss-reactive ketones (excluding diaryl/α,β-unsaturated/α-hetero) is 1. The average Bonchev–Trinajstić information content (AvgIpc) is 3.06. The van der Waals surface area contributed by atoms with Gasteiger partial charge in [0.25, 0.3) is 11.7 Å². The molecular weight excluding hydrogens is 414 g/mol. The number of hydrogen-bond donors (Lipinski definition) is 1. The van der Waals surface area contributed by atoms with Gasteiger partial charge in [0.15, 0.2) is 11.5 Å². The number of carbonyl (C=O) groups is 2. The van der Waals surface area contributed by atoms with E-state index in [1.165, 1.54) is 26.2 Å². The first kappa shape index (κ1) is 23.1. The van der Waals surface area contributed by atoms with Gasteiger partial charge < -0.3 is 29.0 Å². The molecule has 1 heterocycles. The van der Waals surface area contributed by atoms with Crippen LogP contribution in [0.15, 0.2) is 42.0 Å². The third kappa shape index (κ3) is 4.01. The summed E-state index contributed by atoms with van der Waals surface area (Å²) in [4.78, 5) is 27.4. The Bertz CT molecular complexity index is 1060. The van der Waals surface area contributed by atoms with E-state index in [2.05, 4.69) is 0 Å². The van der Waals surface area contributed by atoms with Crippen molar-refractivity contribution in [2.24, 2.45) is 0 Å². The zero-order valence-corrected chi connectivity index (χ0v) is 18.8. The molecule has 0 spiro atoms. The summed E-state index contributed by atoms with van der Waals surface area (Å²) < 4.78 is 21.4.